The molecule has 30 heavy (non-hydrogen) atoms. The Hall–Kier alpha value is -3.29. The SMILES string of the molecule is COc1nnc(Cl)cc1Cn1c(Oc2cc(Cl)cc(C#N)c2)nc(C(F)F)cc1=O. The Balaban J connectivity index is 2.12. The van der Waals surface area contributed by atoms with E-state index in [0.29, 0.717) is 11.6 Å². The smallest absolute Gasteiger partial charge is 0.305 e. The van der Waals surface area contributed by atoms with E-state index in [1.54, 1.807) is 0 Å². The summed E-state index contributed by atoms with van der Waals surface area (Å²) in [5.74, 6) is 0.105. The fraction of sp³-hybridized carbons (Fsp3) is 0.167. The molecule has 0 bridgehead atoms. The molecule has 0 unspecified atom stereocenters. The molecule has 0 saturated heterocycles. The zero-order valence-corrected chi connectivity index (χ0v) is 16.7. The van der Waals surface area contributed by atoms with Crippen molar-refractivity contribution >= 4 is 23.2 Å². The molecule has 3 rings (SSSR count). The van der Waals surface area contributed by atoms with Gasteiger partial charge >= 0.3 is 6.01 Å². The lowest BCUT2D eigenvalue weighted by atomic mass is 10.2. The van der Waals surface area contributed by atoms with Gasteiger partial charge in [0, 0.05) is 16.7 Å². The number of aromatic nitrogens is 4. The fourth-order valence-electron chi connectivity index (χ4n) is 2.48. The largest absolute Gasteiger partial charge is 0.480 e. The second-order valence-corrected chi connectivity index (χ2v) is 6.60. The lowest BCUT2D eigenvalue weighted by molar-refractivity contribution is 0.144. The quantitative estimate of drug-likeness (QED) is 0.555. The van der Waals surface area contributed by atoms with Crippen molar-refractivity contribution in [2.24, 2.45) is 0 Å². The second-order valence-electron chi connectivity index (χ2n) is 5.78. The third-order valence-electron chi connectivity index (χ3n) is 3.75. The van der Waals surface area contributed by atoms with Crippen LogP contribution in [0.4, 0.5) is 8.78 Å². The number of methoxy groups -OCH3 is 1. The minimum atomic E-state index is -3.00. The number of hydrogen-bond donors (Lipinski definition) is 0. The lowest BCUT2D eigenvalue weighted by Crippen LogP contribution is -2.24. The number of rotatable bonds is 6. The number of hydrogen-bond acceptors (Lipinski definition) is 7. The van der Waals surface area contributed by atoms with Crippen LogP contribution in [-0.4, -0.2) is 26.9 Å². The number of nitriles is 1. The molecule has 0 radical (unpaired) electrons. The van der Waals surface area contributed by atoms with Gasteiger partial charge in [-0.3, -0.25) is 9.36 Å². The summed E-state index contributed by atoms with van der Waals surface area (Å²) in [6.07, 6.45) is -3.00. The number of alkyl halides is 2. The van der Waals surface area contributed by atoms with Crippen LogP contribution in [-0.2, 0) is 6.54 Å². The molecule has 0 amide bonds. The summed E-state index contributed by atoms with van der Waals surface area (Å²) >= 11 is 11.8. The molecule has 2 heterocycles. The van der Waals surface area contributed by atoms with Crippen LogP contribution in [0.5, 0.6) is 17.6 Å². The number of nitrogens with zero attached hydrogens (tertiary/aromatic N) is 5. The van der Waals surface area contributed by atoms with Gasteiger partial charge in [-0.05, 0) is 24.3 Å². The predicted molar refractivity (Wildman–Crippen MR) is 102 cm³/mol. The molecule has 3 aromatic rings. The van der Waals surface area contributed by atoms with E-state index >= 15 is 0 Å². The Morgan fingerprint density at radius 1 is 1.20 bits per heavy atom. The molecular weight excluding hydrogens is 443 g/mol. The molecule has 0 aliphatic carbocycles. The maximum absolute atomic E-state index is 13.2. The summed E-state index contributed by atoms with van der Waals surface area (Å²) in [6, 6.07) is 7.60. The van der Waals surface area contributed by atoms with Crippen molar-refractivity contribution in [2.75, 3.05) is 7.11 Å². The monoisotopic (exact) mass is 453 g/mol. The first-order chi connectivity index (χ1) is 14.3. The predicted octanol–water partition coefficient (Wildman–Crippen LogP) is 4.00. The van der Waals surface area contributed by atoms with E-state index in [9.17, 15) is 13.6 Å². The molecule has 12 heteroatoms. The van der Waals surface area contributed by atoms with Gasteiger partial charge in [0.1, 0.15) is 11.4 Å². The van der Waals surface area contributed by atoms with Gasteiger partial charge in [0.25, 0.3) is 12.0 Å². The minimum Gasteiger partial charge on any atom is -0.480 e. The van der Waals surface area contributed by atoms with Gasteiger partial charge in [0.2, 0.25) is 5.88 Å². The average molecular weight is 454 g/mol. The lowest BCUT2D eigenvalue weighted by Gasteiger charge is -2.15. The van der Waals surface area contributed by atoms with Crippen molar-refractivity contribution in [2.45, 2.75) is 13.0 Å². The minimum absolute atomic E-state index is 0.0315. The highest BCUT2D eigenvalue weighted by atomic mass is 35.5. The molecule has 0 N–H and O–H groups in total. The summed E-state index contributed by atoms with van der Waals surface area (Å²) in [5.41, 5.74) is -1.08. The van der Waals surface area contributed by atoms with Crippen LogP contribution in [0.25, 0.3) is 0 Å². The second kappa shape index (κ2) is 9.02. The van der Waals surface area contributed by atoms with E-state index in [0.717, 1.165) is 4.57 Å². The average Bonchev–Trinajstić information content (AvgIpc) is 2.69. The summed E-state index contributed by atoms with van der Waals surface area (Å²) < 4.78 is 38.0. The fourth-order valence-corrected chi connectivity index (χ4v) is 2.87. The van der Waals surface area contributed by atoms with Crippen molar-refractivity contribution in [3.05, 3.63) is 67.7 Å². The molecule has 0 saturated carbocycles. The first-order valence-corrected chi connectivity index (χ1v) is 8.91. The Labute approximate surface area is 178 Å². The first-order valence-electron chi connectivity index (χ1n) is 8.15. The highest BCUT2D eigenvalue weighted by Crippen LogP contribution is 2.27. The Kier molecular flexibility index (Phi) is 6.44. The highest BCUT2D eigenvalue weighted by Gasteiger charge is 2.19. The third-order valence-corrected chi connectivity index (χ3v) is 4.16. The molecule has 0 aliphatic heterocycles. The highest BCUT2D eigenvalue weighted by molar-refractivity contribution is 6.30. The van der Waals surface area contributed by atoms with Crippen molar-refractivity contribution < 1.29 is 18.3 Å². The molecule has 154 valence electrons. The van der Waals surface area contributed by atoms with Crippen LogP contribution in [0.1, 0.15) is 23.2 Å². The molecule has 8 nitrogen and oxygen atoms in total. The van der Waals surface area contributed by atoms with Crippen molar-refractivity contribution in [1.82, 2.24) is 19.7 Å². The van der Waals surface area contributed by atoms with Gasteiger partial charge in [-0.2, -0.15) is 10.2 Å². The van der Waals surface area contributed by atoms with Gasteiger partial charge < -0.3 is 9.47 Å². The van der Waals surface area contributed by atoms with Crippen LogP contribution < -0.4 is 15.0 Å². The number of ether oxygens (including phenoxy) is 2. The summed E-state index contributed by atoms with van der Waals surface area (Å²) in [4.78, 5) is 16.3. The maximum Gasteiger partial charge on any atom is 0.305 e. The zero-order valence-electron chi connectivity index (χ0n) is 15.1. The van der Waals surface area contributed by atoms with Gasteiger partial charge in [-0.15, -0.1) is 10.2 Å². The summed E-state index contributed by atoms with van der Waals surface area (Å²) in [6.45, 7) is -0.214. The molecule has 0 spiro atoms. The van der Waals surface area contributed by atoms with E-state index in [4.69, 9.17) is 37.9 Å². The van der Waals surface area contributed by atoms with Gasteiger partial charge in [0.15, 0.2) is 5.15 Å². The molecule has 0 fully saturated rings. The van der Waals surface area contributed by atoms with E-state index < -0.39 is 23.7 Å². The Bertz CT molecular complexity index is 1200. The number of halogens is 4. The molecule has 0 atom stereocenters. The van der Waals surface area contributed by atoms with Crippen LogP contribution in [0, 0.1) is 11.3 Å². The van der Waals surface area contributed by atoms with Gasteiger partial charge in [0.05, 0.1) is 25.3 Å². The molecular formula is C18H11Cl2F2N5O3. The normalized spacial score (nSPS) is 10.7. The van der Waals surface area contributed by atoms with Crippen molar-refractivity contribution in [1.29, 1.82) is 5.26 Å². The Morgan fingerprint density at radius 3 is 2.63 bits per heavy atom. The van der Waals surface area contributed by atoms with E-state index in [1.807, 2.05) is 6.07 Å². The first kappa shape index (κ1) is 21.4. The van der Waals surface area contributed by atoms with Crippen LogP contribution >= 0.6 is 23.2 Å². The van der Waals surface area contributed by atoms with E-state index in [1.165, 1.54) is 31.4 Å². The van der Waals surface area contributed by atoms with Crippen molar-refractivity contribution in [3.8, 4) is 23.7 Å². The van der Waals surface area contributed by atoms with Crippen LogP contribution in [0.2, 0.25) is 10.2 Å². The molecule has 0 aliphatic rings. The Morgan fingerprint density at radius 2 is 1.97 bits per heavy atom. The van der Waals surface area contributed by atoms with Crippen LogP contribution in [0.3, 0.4) is 0 Å². The third kappa shape index (κ3) is 4.82. The van der Waals surface area contributed by atoms with E-state index in [2.05, 4.69) is 15.2 Å². The zero-order chi connectivity index (χ0) is 21.8. The molecule has 2 aromatic heterocycles. The summed E-state index contributed by atoms with van der Waals surface area (Å²) in [7, 11) is 1.34. The topological polar surface area (TPSA) is 103 Å². The van der Waals surface area contributed by atoms with E-state index in [-0.39, 0.29) is 33.9 Å². The standard InChI is InChI=1S/C18H11Cl2F2N5O3/c1-29-17-10(4-14(20)25-26-17)8-27-15(28)6-13(16(21)22)24-18(27)30-12-3-9(7-23)2-11(19)5-12/h2-6,16H,8H2,1H3. The maximum atomic E-state index is 13.2. The molecule has 1 aromatic carbocycles. The number of benzene rings is 1. The van der Waals surface area contributed by atoms with Crippen molar-refractivity contribution in [3.63, 3.8) is 0 Å². The van der Waals surface area contributed by atoms with Crippen LogP contribution in [0.15, 0.2) is 35.1 Å². The summed E-state index contributed by atoms with van der Waals surface area (Å²) in [5, 5.41) is 16.7. The van der Waals surface area contributed by atoms with Gasteiger partial charge in [-0.25, -0.2) is 8.78 Å². The van der Waals surface area contributed by atoms with Gasteiger partial charge in [-0.1, -0.05) is 23.2 Å².